The second-order valence-corrected chi connectivity index (χ2v) is 12.7. The van der Waals surface area contributed by atoms with E-state index in [4.69, 9.17) is 0 Å². The molecule has 8 aromatic rings. The van der Waals surface area contributed by atoms with Gasteiger partial charge in [0.15, 0.2) is 0 Å². The average molecular weight is 667 g/mol. The van der Waals surface area contributed by atoms with Gasteiger partial charge in [-0.2, -0.15) is 0 Å². The van der Waals surface area contributed by atoms with E-state index < -0.39 is 0 Å². The molecule has 0 aromatic heterocycles. The third kappa shape index (κ3) is 7.33. The van der Waals surface area contributed by atoms with Crippen molar-refractivity contribution in [3.63, 3.8) is 0 Å². The minimum Gasteiger partial charge on any atom is -0.311 e. The predicted molar refractivity (Wildman–Crippen MR) is 222 cm³/mol. The van der Waals surface area contributed by atoms with Gasteiger partial charge < -0.3 is 9.80 Å². The Kier molecular flexibility index (Phi) is 9.53. The first-order valence-electron chi connectivity index (χ1n) is 17.7. The SMILES string of the molecule is C(=C\c1ccc(N(c2ccccc2)c2ccc(-c3ccccc3)cc2)cc1)/c1ccc(-c2ccc(N(c3ccccc3)c3ccccc3)cc2)cc1. The highest BCUT2D eigenvalue weighted by Gasteiger charge is 2.13. The second-order valence-electron chi connectivity index (χ2n) is 12.7. The highest BCUT2D eigenvalue weighted by Crippen LogP contribution is 2.37. The Morgan fingerprint density at radius 2 is 0.442 bits per heavy atom. The maximum atomic E-state index is 2.30. The van der Waals surface area contributed by atoms with Crippen LogP contribution in [0, 0.1) is 0 Å². The van der Waals surface area contributed by atoms with E-state index in [0.717, 1.165) is 45.3 Å². The minimum atomic E-state index is 1.11. The summed E-state index contributed by atoms with van der Waals surface area (Å²) >= 11 is 0. The normalized spacial score (nSPS) is 11.0. The molecular formula is C50H38N2. The molecule has 0 aliphatic heterocycles. The third-order valence-corrected chi connectivity index (χ3v) is 9.26. The topological polar surface area (TPSA) is 6.48 Å². The fourth-order valence-electron chi connectivity index (χ4n) is 6.58. The summed E-state index contributed by atoms with van der Waals surface area (Å²) in [6.07, 6.45) is 4.35. The van der Waals surface area contributed by atoms with E-state index in [9.17, 15) is 0 Å². The van der Waals surface area contributed by atoms with Crippen LogP contribution in [0.2, 0.25) is 0 Å². The van der Waals surface area contributed by atoms with Crippen molar-refractivity contribution in [3.8, 4) is 22.3 Å². The van der Waals surface area contributed by atoms with Gasteiger partial charge in [-0.1, -0.05) is 158 Å². The van der Waals surface area contributed by atoms with Crippen molar-refractivity contribution in [2.24, 2.45) is 0 Å². The molecule has 0 radical (unpaired) electrons. The largest absolute Gasteiger partial charge is 0.311 e. The van der Waals surface area contributed by atoms with Crippen molar-refractivity contribution < 1.29 is 0 Å². The van der Waals surface area contributed by atoms with Gasteiger partial charge >= 0.3 is 0 Å². The molecule has 52 heavy (non-hydrogen) atoms. The smallest absolute Gasteiger partial charge is 0.0462 e. The van der Waals surface area contributed by atoms with Crippen molar-refractivity contribution in [1.29, 1.82) is 0 Å². The summed E-state index contributed by atoms with van der Waals surface area (Å²) in [6.45, 7) is 0. The van der Waals surface area contributed by atoms with E-state index in [1.165, 1.54) is 22.3 Å². The van der Waals surface area contributed by atoms with E-state index in [2.05, 4.69) is 240 Å². The molecule has 0 unspecified atom stereocenters. The van der Waals surface area contributed by atoms with Gasteiger partial charge in [-0.05, 0) is 106 Å². The van der Waals surface area contributed by atoms with Gasteiger partial charge in [-0.25, -0.2) is 0 Å². The van der Waals surface area contributed by atoms with E-state index in [1.807, 2.05) is 0 Å². The summed E-state index contributed by atoms with van der Waals surface area (Å²) in [7, 11) is 0. The Hall–Kier alpha value is -6.90. The van der Waals surface area contributed by atoms with Crippen molar-refractivity contribution in [2.45, 2.75) is 0 Å². The molecule has 0 heterocycles. The van der Waals surface area contributed by atoms with Crippen LogP contribution < -0.4 is 9.80 Å². The standard InChI is InChI=1S/C50H38N2/c1-5-13-41(14-6-1)43-29-35-50(36-30-43)52(47-19-11-4-12-20-47)48-33-25-40(26-34-48)22-21-39-23-27-42(28-24-39)44-31-37-49(38-32-44)51(45-15-7-2-8-16-45)46-17-9-3-10-18-46/h1-38H/b22-21+. The maximum absolute atomic E-state index is 2.30. The number of hydrogen-bond acceptors (Lipinski definition) is 2. The van der Waals surface area contributed by atoms with Crippen molar-refractivity contribution in [3.05, 3.63) is 230 Å². The van der Waals surface area contributed by atoms with E-state index in [1.54, 1.807) is 0 Å². The zero-order chi connectivity index (χ0) is 35.0. The van der Waals surface area contributed by atoms with Crippen LogP contribution in [-0.2, 0) is 0 Å². The van der Waals surface area contributed by atoms with Gasteiger partial charge in [-0.3, -0.25) is 0 Å². The zero-order valence-electron chi connectivity index (χ0n) is 28.8. The van der Waals surface area contributed by atoms with E-state index >= 15 is 0 Å². The number of rotatable bonds is 10. The number of nitrogens with zero attached hydrogens (tertiary/aromatic N) is 2. The molecule has 0 bridgehead atoms. The second kappa shape index (κ2) is 15.3. The van der Waals surface area contributed by atoms with Crippen molar-refractivity contribution in [2.75, 3.05) is 9.80 Å². The fourth-order valence-corrected chi connectivity index (χ4v) is 6.58. The Bertz CT molecular complexity index is 2290. The number of benzene rings is 8. The van der Waals surface area contributed by atoms with Gasteiger partial charge in [0.1, 0.15) is 0 Å². The molecule has 2 heteroatoms. The van der Waals surface area contributed by atoms with Crippen molar-refractivity contribution in [1.82, 2.24) is 0 Å². The van der Waals surface area contributed by atoms with Gasteiger partial charge in [0.25, 0.3) is 0 Å². The maximum Gasteiger partial charge on any atom is 0.0462 e. The highest BCUT2D eigenvalue weighted by molar-refractivity contribution is 5.81. The lowest BCUT2D eigenvalue weighted by Gasteiger charge is -2.25. The van der Waals surface area contributed by atoms with Crippen LogP contribution in [0.3, 0.4) is 0 Å². The molecule has 0 N–H and O–H groups in total. The van der Waals surface area contributed by atoms with Crippen LogP contribution in [0.5, 0.6) is 0 Å². The summed E-state index contributed by atoms with van der Waals surface area (Å²) in [4.78, 5) is 4.58. The fraction of sp³-hybridized carbons (Fsp3) is 0. The first-order valence-corrected chi connectivity index (χ1v) is 17.7. The monoisotopic (exact) mass is 666 g/mol. The molecule has 248 valence electrons. The van der Waals surface area contributed by atoms with E-state index in [-0.39, 0.29) is 0 Å². The van der Waals surface area contributed by atoms with Crippen LogP contribution in [0.25, 0.3) is 34.4 Å². The molecule has 8 rings (SSSR count). The van der Waals surface area contributed by atoms with Crippen molar-refractivity contribution >= 4 is 46.3 Å². The molecule has 0 atom stereocenters. The van der Waals surface area contributed by atoms with Gasteiger partial charge in [0.2, 0.25) is 0 Å². The molecule has 2 nitrogen and oxygen atoms in total. The van der Waals surface area contributed by atoms with Crippen LogP contribution in [0.15, 0.2) is 218 Å². The summed E-state index contributed by atoms with van der Waals surface area (Å²) < 4.78 is 0. The first-order chi connectivity index (χ1) is 25.8. The lowest BCUT2D eigenvalue weighted by molar-refractivity contribution is 1.28. The molecular weight excluding hydrogens is 629 g/mol. The Morgan fingerprint density at radius 1 is 0.212 bits per heavy atom. The van der Waals surface area contributed by atoms with E-state index in [0.29, 0.717) is 0 Å². The van der Waals surface area contributed by atoms with Crippen LogP contribution in [0.4, 0.5) is 34.1 Å². The molecule has 0 saturated heterocycles. The Labute approximate surface area is 306 Å². The highest BCUT2D eigenvalue weighted by atomic mass is 15.1. The molecule has 0 amide bonds. The summed E-state index contributed by atoms with van der Waals surface area (Å²) in [5.41, 5.74) is 13.9. The molecule has 0 aliphatic carbocycles. The Morgan fingerprint density at radius 3 is 0.788 bits per heavy atom. The zero-order valence-corrected chi connectivity index (χ0v) is 28.8. The molecule has 0 saturated carbocycles. The lowest BCUT2D eigenvalue weighted by Crippen LogP contribution is -2.09. The predicted octanol–water partition coefficient (Wildman–Crippen LogP) is 14.1. The van der Waals surface area contributed by atoms with Gasteiger partial charge in [0, 0.05) is 34.1 Å². The number of anilines is 6. The molecule has 8 aromatic carbocycles. The lowest BCUT2D eigenvalue weighted by atomic mass is 10.0. The summed E-state index contributed by atoms with van der Waals surface area (Å²) in [6, 6.07) is 77.2. The molecule has 0 aliphatic rings. The number of hydrogen-bond donors (Lipinski definition) is 0. The average Bonchev–Trinajstić information content (AvgIpc) is 3.23. The first kappa shape index (κ1) is 32.3. The van der Waals surface area contributed by atoms with Crippen LogP contribution in [0.1, 0.15) is 11.1 Å². The van der Waals surface area contributed by atoms with Gasteiger partial charge in [-0.15, -0.1) is 0 Å². The molecule has 0 spiro atoms. The number of para-hydroxylation sites is 3. The van der Waals surface area contributed by atoms with Crippen LogP contribution >= 0.6 is 0 Å². The Balaban J connectivity index is 0.975. The quantitative estimate of drug-likeness (QED) is 0.134. The minimum absolute atomic E-state index is 1.11. The van der Waals surface area contributed by atoms with Crippen LogP contribution in [-0.4, -0.2) is 0 Å². The molecule has 0 fully saturated rings. The summed E-state index contributed by atoms with van der Waals surface area (Å²) in [5, 5.41) is 0. The summed E-state index contributed by atoms with van der Waals surface area (Å²) in [5.74, 6) is 0. The third-order valence-electron chi connectivity index (χ3n) is 9.26. The van der Waals surface area contributed by atoms with Gasteiger partial charge in [0.05, 0.1) is 0 Å².